The van der Waals surface area contributed by atoms with E-state index in [1.54, 1.807) is 11.3 Å². The molecule has 0 saturated carbocycles. The Hall–Kier alpha value is -0.870. The molecule has 0 atom stereocenters. The molecule has 4 heteroatoms. The Morgan fingerprint density at radius 3 is 2.78 bits per heavy atom. The summed E-state index contributed by atoms with van der Waals surface area (Å²) in [5.41, 5.74) is 2.21. The molecule has 0 radical (unpaired) electrons. The second kappa shape index (κ2) is 5.85. The standard InChI is InChI=1S/C14H16BrNOS/c1-9(2)13-6-11(15)4-5-14(13)17-7-12-8-18-10(3)16-12/h4-6,8-9H,7H2,1-3H3. The van der Waals surface area contributed by atoms with Crippen LogP contribution in [0.25, 0.3) is 0 Å². The maximum atomic E-state index is 5.88. The molecule has 18 heavy (non-hydrogen) atoms. The molecule has 0 N–H and O–H groups in total. The molecule has 2 aromatic rings. The minimum Gasteiger partial charge on any atom is -0.487 e. The topological polar surface area (TPSA) is 22.1 Å². The number of rotatable bonds is 4. The van der Waals surface area contributed by atoms with E-state index in [4.69, 9.17) is 4.74 Å². The summed E-state index contributed by atoms with van der Waals surface area (Å²) in [6.07, 6.45) is 0. The smallest absolute Gasteiger partial charge is 0.131 e. The summed E-state index contributed by atoms with van der Waals surface area (Å²) < 4.78 is 6.96. The second-order valence-corrected chi connectivity index (χ2v) is 6.46. The first kappa shape index (κ1) is 13.6. The summed E-state index contributed by atoms with van der Waals surface area (Å²) in [6.45, 7) is 6.88. The van der Waals surface area contributed by atoms with Gasteiger partial charge in [-0.1, -0.05) is 29.8 Å². The number of ether oxygens (including phenoxy) is 1. The SMILES string of the molecule is Cc1nc(COc2ccc(Br)cc2C(C)C)cs1. The average molecular weight is 326 g/mol. The Kier molecular flexibility index (Phi) is 4.40. The Labute approximate surface area is 120 Å². The summed E-state index contributed by atoms with van der Waals surface area (Å²) in [7, 11) is 0. The Morgan fingerprint density at radius 2 is 2.17 bits per heavy atom. The number of hydrogen-bond donors (Lipinski definition) is 0. The van der Waals surface area contributed by atoms with Crippen LogP contribution in [0.4, 0.5) is 0 Å². The third-order valence-corrected chi connectivity index (χ3v) is 3.95. The number of nitrogens with zero attached hydrogens (tertiary/aromatic N) is 1. The molecule has 0 bridgehead atoms. The molecule has 0 spiro atoms. The van der Waals surface area contributed by atoms with Gasteiger partial charge in [0.15, 0.2) is 0 Å². The number of benzene rings is 1. The van der Waals surface area contributed by atoms with Gasteiger partial charge in [-0.25, -0.2) is 4.98 Å². The van der Waals surface area contributed by atoms with Gasteiger partial charge in [0, 0.05) is 9.85 Å². The first-order chi connectivity index (χ1) is 8.56. The number of aryl methyl sites for hydroxylation is 1. The van der Waals surface area contributed by atoms with Gasteiger partial charge in [-0.2, -0.15) is 0 Å². The Bertz CT molecular complexity index is 536. The number of thiazole rings is 1. The van der Waals surface area contributed by atoms with Gasteiger partial charge in [-0.15, -0.1) is 11.3 Å². The zero-order valence-electron chi connectivity index (χ0n) is 10.7. The van der Waals surface area contributed by atoms with Crippen molar-refractivity contribution in [2.45, 2.75) is 33.3 Å². The average Bonchev–Trinajstić information content (AvgIpc) is 2.73. The van der Waals surface area contributed by atoms with Gasteiger partial charge in [0.2, 0.25) is 0 Å². The fraction of sp³-hybridized carbons (Fsp3) is 0.357. The lowest BCUT2D eigenvalue weighted by molar-refractivity contribution is 0.297. The molecule has 0 saturated heterocycles. The van der Waals surface area contributed by atoms with Crippen molar-refractivity contribution in [3.05, 3.63) is 44.3 Å². The largest absolute Gasteiger partial charge is 0.487 e. The van der Waals surface area contributed by atoms with Crippen LogP contribution in [0, 0.1) is 6.92 Å². The number of aromatic nitrogens is 1. The van der Waals surface area contributed by atoms with Crippen LogP contribution in [0.15, 0.2) is 28.1 Å². The predicted octanol–water partition coefficient (Wildman–Crippen LogP) is 4.92. The van der Waals surface area contributed by atoms with E-state index in [1.165, 1.54) is 5.56 Å². The van der Waals surface area contributed by atoms with Gasteiger partial charge in [0.05, 0.1) is 10.7 Å². The molecule has 0 amide bonds. The highest BCUT2D eigenvalue weighted by atomic mass is 79.9. The second-order valence-electron chi connectivity index (χ2n) is 4.48. The van der Waals surface area contributed by atoms with Gasteiger partial charge >= 0.3 is 0 Å². The van der Waals surface area contributed by atoms with E-state index in [2.05, 4.69) is 40.8 Å². The third kappa shape index (κ3) is 3.33. The van der Waals surface area contributed by atoms with E-state index in [9.17, 15) is 0 Å². The fourth-order valence-corrected chi connectivity index (χ4v) is 2.70. The van der Waals surface area contributed by atoms with Crippen molar-refractivity contribution < 1.29 is 4.74 Å². The molecule has 2 rings (SSSR count). The van der Waals surface area contributed by atoms with E-state index < -0.39 is 0 Å². The van der Waals surface area contributed by atoms with Crippen molar-refractivity contribution in [3.8, 4) is 5.75 Å². The van der Waals surface area contributed by atoms with Crippen molar-refractivity contribution in [2.75, 3.05) is 0 Å². The number of halogens is 1. The summed E-state index contributed by atoms with van der Waals surface area (Å²) in [5, 5.41) is 3.12. The van der Waals surface area contributed by atoms with Crippen LogP contribution in [0.2, 0.25) is 0 Å². The van der Waals surface area contributed by atoms with Crippen LogP contribution in [-0.4, -0.2) is 4.98 Å². The lowest BCUT2D eigenvalue weighted by Gasteiger charge is -2.13. The highest BCUT2D eigenvalue weighted by Crippen LogP contribution is 2.30. The summed E-state index contributed by atoms with van der Waals surface area (Å²) in [5.74, 6) is 1.38. The Balaban J connectivity index is 2.13. The molecule has 2 nitrogen and oxygen atoms in total. The summed E-state index contributed by atoms with van der Waals surface area (Å²) in [6, 6.07) is 6.14. The molecule has 0 aliphatic rings. The van der Waals surface area contributed by atoms with Gasteiger partial charge in [-0.3, -0.25) is 0 Å². The number of hydrogen-bond acceptors (Lipinski definition) is 3. The van der Waals surface area contributed by atoms with Gasteiger partial charge < -0.3 is 4.74 Å². The van der Waals surface area contributed by atoms with E-state index in [0.29, 0.717) is 12.5 Å². The van der Waals surface area contributed by atoms with Gasteiger partial charge in [0.25, 0.3) is 0 Å². The predicted molar refractivity (Wildman–Crippen MR) is 79.4 cm³/mol. The van der Waals surface area contributed by atoms with Crippen molar-refractivity contribution in [2.24, 2.45) is 0 Å². The van der Waals surface area contributed by atoms with E-state index in [0.717, 1.165) is 20.9 Å². The van der Waals surface area contributed by atoms with Crippen molar-refractivity contribution in [1.29, 1.82) is 0 Å². The van der Waals surface area contributed by atoms with Crippen LogP contribution < -0.4 is 4.74 Å². The van der Waals surface area contributed by atoms with Crippen molar-refractivity contribution in [1.82, 2.24) is 4.98 Å². The maximum absolute atomic E-state index is 5.88. The minimum absolute atomic E-state index is 0.440. The van der Waals surface area contributed by atoms with E-state index in [-0.39, 0.29) is 0 Å². The normalized spacial score (nSPS) is 10.9. The molecule has 1 aromatic heterocycles. The molecule has 96 valence electrons. The van der Waals surface area contributed by atoms with Gasteiger partial charge in [-0.05, 0) is 36.6 Å². The van der Waals surface area contributed by atoms with Crippen LogP contribution in [-0.2, 0) is 6.61 Å². The lowest BCUT2D eigenvalue weighted by atomic mass is 10.0. The monoisotopic (exact) mass is 325 g/mol. The van der Waals surface area contributed by atoms with Crippen LogP contribution in [0.1, 0.15) is 36.0 Å². The first-order valence-electron chi connectivity index (χ1n) is 5.89. The van der Waals surface area contributed by atoms with Crippen molar-refractivity contribution >= 4 is 27.3 Å². The maximum Gasteiger partial charge on any atom is 0.131 e. The minimum atomic E-state index is 0.440. The first-order valence-corrected chi connectivity index (χ1v) is 7.57. The fourth-order valence-electron chi connectivity index (χ4n) is 1.73. The van der Waals surface area contributed by atoms with Crippen LogP contribution in [0.3, 0.4) is 0 Å². The molecule has 0 unspecified atom stereocenters. The highest BCUT2D eigenvalue weighted by molar-refractivity contribution is 9.10. The molecule has 0 aliphatic carbocycles. The molecule has 0 aliphatic heterocycles. The van der Waals surface area contributed by atoms with E-state index >= 15 is 0 Å². The van der Waals surface area contributed by atoms with Gasteiger partial charge in [0.1, 0.15) is 12.4 Å². The highest BCUT2D eigenvalue weighted by Gasteiger charge is 2.09. The van der Waals surface area contributed by atoms with Crippen molar-refractivity contribution in [3.63, 3.8) is 0 Å². The van der Waals surface area contributed by atoms with Crippen LogP contribution >= 0.6 is 27.3 Å². The molecule has 0 fully saturated rings. The van der Waals surface area contributed by atoms with Crippen LogP contribution in [0.5, 0.6) is 5.75 Å². The molecule has 1 heterocycles. The molecule has 1 aromatic carbocycles. The zero-order valence-corrected chi connectivity index (χ0v) is 13.1. The quantitative estimate of drug-likeness (QED) is 0.796. The zero-order chi connectivity index (χ0) is 13.1. The summed E-state index contributed by atoms with van der Waals surface area (Å²) >= 11 is 5.15. The molecular formula is C14H16BrNOS. The summed E-state index contributed by atoms with van der Waals surface area (Å²) in [4.78, 5) is 4.40. The van der Waals surface area contributed by atoms with E-state index in [1.807, 2.05) is 24.4 Å². The lowest BCUT2D eigenvalue weighted by Crippen LogP contribution is -2.00. The molecular weight excluding hydrogens is 310 g/mol. The Morgan fingerprint density at radius 1 is 1.39 bits per heavy atom. The third-order valence-electron chi connectivity index (χ3n) is 2.64.